The molecule has 0 bridgehead atoms. The standard InChI is InChI=1S/C13H24N2O2/c1-10-4-5-12(7-14-10)13(17)15-6-2-3-11(8-15)9-16/h10-12,14,16H,2-9H2,1H3. The molecule has 2 saturated heterocycles. The highest BCUT2D eigenvalue weighted by atomic mass is 16.3. The van der Waals surface area contributed by atoms with Crippen molar-refractivity contribution in [2.24, 2.45) is 11.8 Å². The van der Waals surface area contributed by atoms with Crippen LogP contribution in [-0.4, -0.2) is 48.2 Å². The number of nitrogens with zero attached hydrogens (tertiary/aromatic N) is 1. The van der Waals surface area contributed by atoms with E-state index in [-0.39, 0.29) is 12.5 Å². The van der Waals surface area contributed by atoms with Crippen LogP contribution >= 0.6 is 0 Å². The van der Waals surface area contributed by atoms with E-state index in [0.29, 0.717) is 17.9 Å². The molecule has 3 atom stereocenters. The van der Waals surface area contributed by atoms with Crippen molar-refractivity contribution in [3.05, 3.63) is 0 Å². The molecule has 17 heavy (non-hydrogen) atoms. The average Bonchev–Trinajstić information content (AvgIpc) is 2.39. The van der Waals surface area contributed by atoms with E-state index in [0.717, 1.165) is 45.3 Å². The smallest absolute Gasteiger partial charge is 0.226 e. The lowest BCUT2D eigenvalue weighted by Crippen LogP contribution is -2.48. The van der Waals surface area contributed by atoms with Gasteiger partial charge in [0, 0.05) is 32.3 Å². The summed E-state index contributed by atoms with van der Waals surface area (Å²) in [7, 11) is 0. The molecule has 0 aromatic heterocycles. The number of carbonyl (C=O) groups is 1. The molecule has 4 nitrogen and oxygen atoms in total. The lowest BCUT2D eigenvalue weighted by Gasteiger charge is -2.36. The maximum Gasteiger partial charge on any atom is 0.226 e. The normalized spacial score (nSPS) is 34.7. The van der Waals surface area contributed by atoms with E-state index in [1.54, 1.807) is 0 Å². The minimum Gasteiger partial charge on any atom is -0.396 e. The zero-order valence-electron chi connectivity index (χ0n) is 10.7. The molecule has 0 radical (unpaired) electrons. The van der Waals surface area contributed by atoms with Gasteiger partial charge in [0.25, 0.3) is 0 Å². The molecule has 2 N–H and O–H groups in total. The van der Waals surface area contributed by atoms with Gasteiger partial charge >= 0.3 is 0 Å². The first-order valence-electron chi connectivity index (χ1n) is 6.83. The number of hydrogen-bond donors (Lipinski definition) is 2. The van der Waals surface area contributed by atoms with Crippen LogP contribution < -0.4 is 5.32 Å². The molecule has 0 aliphatic carbocycles. The fourth-order valence-corrected chi connectivity index (χ4v) is 2.88. The van der Waals surface area contributed by atoms with E-state index in [1.165, 1.54) is 0 Å². The number of aliphatic hydroxyl groups is 1. The van der Waals surface area contributed by atoms with Gasteiger partial charge in [-0.3, -0.25) is 4.79 Å². The summed E-state index contributed by atoms with van der Waals surface area (Å²) in [6.07, 6.45) is 4.19. The molecule has 1 amide bonds. The fourth-order valence-electron chi connectivity index (χ4n) is 2.88. The molecule has 3 unspecified atom stereocenters. The van der Waals surface area contributed by atoms with Crippen molar-refractivity contribution >= 4 is 5.91 Å². The number of piperidine rings is 2. The molecule has 2 heterocycles. The molecule has 0 aromatic rings. The van der Waals surface area contributed by atoms with Crippen LogP contribution in [-0.2, 0) is 4.79 Å². The number of amides is 1. The highest BCUT2D eigenvalue weighted by molar-refractivity contribution is 5.79. The number of aliphatic hydroxyl groups excluding tert-OH is 1. The molecule has 4 heteroatoms. The summed E-state index contributed by atoms with van der Waals surface area (Å²) >= 11 is 0. The van der Waals surface area contributed by atoms with Gasteiger partial charge in [-0.05, 0) is 38.5 Å². The van der Waals surface area contributed by atoms with E-state index in [4.69, 9.17) is 0 Å². The molecule has 98 valence electrons. The predicted molar refractivity (Wildman–Crippen MR) is 66.6 cm³/mol. The van der Waals surface area contributed by atoms with Gasteiger partial charge in [0.1, 0.15) is 0 Å². The van der Waals surface area contributed by atoms with Crippen molar-refractivity contribution in [2.75, 3.05) is 26.2 Å². The van der Waals surface area contributed by atoms with Crippen molar-refractivity contribution in [1.82, 2.24) is 10.2 Å². The highest BCUT2D eigenvalue weighted by Gasteiger charge is 2.30. The second-order valence-corrected chi connectivity index (χ2v) is 5.56. The van der Waals surface area contributed by atoms with Gasteiger partial charge in [-0.15, -0.1) is 0 Å². The first-order chi connectivity index (χ1) is 8.20. The summed E-state index contributed by atoms with van der Waals surface area (Å²) in [6, 6.07) is 0.547. The summed E-state index contributed by atoms with van der Waals surface area (Å²) in [5.41, 5.74) is 0. The van der Waals surface area contributed by atoms with E-state index in [2.05, 4.69) is 12.2 Å². The Morgan fingerprint density at radius 1 is 1.41 bits per heavy atom. The van der Waals surface area contributed by atoms with Crippen LogP contribution in [0.2, 0.25) is 0 Å². The van der Waals surface area contributed by atoms with Crippen LogP contribution in [0.5, 0.6) is 0 Å². The molecule has 0 aromatic carbocycles. The van der Waals surface area contributed by atoms with Gasteiger partial charge in [0.15, 0.2) is 0 Å². The lowest BCUT2D eigenvalue weighted by molar-refractivity contribution is -0.138. The Labute approximate surface area is 103 Å². The van der Waals surface area contributed by atoms with Crippen molar-refractivity contribution < 1.29 is 9.90 Å². The van der Waals surface area contributed by atoms with Crippen molar-refractivity contribution in [1.29, 1.82) is 0 Å². The molecule has 2 aliphatic rings. The lowest BCUT2D eigenvalue weighted by atomic mass is 9.92. The molecular formula is C13H24N2O2. The minimum absolute atomic E-state index is 0.156. The van der Waals surface area contributed by atoms with Gasteiger partial charge in [0.05, 0.1) is 5.92 Å². The predicted octanol–water partition coefficient (Wildman–Crippen LogP) is 0.605. The molecule has 2 aliphatic heterocycles. The third kappa shape index (κ3) is 3.19. The van der Waals surface area contributed by atoms with Crippen LogP contribution in [0, 0.1) is 11.8 Å². The summed E-state index contributed by atoms with van der Waals surface area (Å²) in [4.78, 5) is 14.3. The van der Waals surface area contributed by atoms with E-state index >= 15 is 0 Å². The Morgan fingerprint density at radius 2 is 2.24 bits per heavy atom. The Morgan fingerprint density at radius 3 is 2.88 bits per heavy atom. The summed E-state index contributed by atoms with van der Waals surface area (Å²) in [5, 5.41) is 12.6. The largest absolute Gasteiger partial charge is 0.396 e. The van der Waals surface area contributed by atoms with Gasteiger partial charge in [-0.2, -0.15) is 0 Å². The third-order valence-corrected chi connectivity index (χ3v) is 4.10. The Kier molecular flexibility index (Phi) is 4.40. The fraction of sp³-hybridized carbons (Fsp3) is 0.923. The summed E-state index contributed by atoms with van der Waals surface area (Å²) in [5.74, 6) is 0.745. The summed E-state index contributed by atoms with van der Waals surface area (Å²) in [6.45, 7) is 4.83. The maximum atomic E-state index is 12.3. The van der Waals surface area contributed by atoms with Gasteiger partial charge in [-0.1, -0.05) is 0 Å². The Bertz CT molecular complexity index is 262. The number of hydrogen-bond acceptors (Lipinski definition) is 3. The van der Waals surface area contributed by atoms with Gasteiger partial charge in [-0.25, -0.2) is 0 Å². The monoisotopic (exact) mass is 240 g/mol. The van der Waals surface area contributed by atoms with Crippen LogP contribution in [0.15, 0.2) is 0 Å². The molecular weight excluding hydrogens is 216 g/mol. The van der Waals surface area contributed by atoms with Crippen LogP contribution in [0.25, 0.3) is 0 Å². The van der Waals surface area contributed by atoms with Crippen LogP contribution in [0.4, 0.5) is 0 Å². The first kappa shape index (κ1) is 12.8. The Balaban J connectivity index is 1.86. The quantitative estimate of drug-likeness (QED) is 0.743. The second-order valence-electron chi connectivity index (χ2n) is 5.56. The van der Waals surface area contributed by atoms with Crippen molar-refractivity contribution in [3.8, 4) is 0 Å². The minimum atomic E-state index is 0.156. The first-order valence-corrected chi connectivity index (χ1v) is 6.83. The third-order valence-electron chi connectivity index (χ3n) is 4.10. The summed E-state index contributed by atoms with van der Waals surface area (Å²) < 4.78 is 0. The second kappa shape index (κ2) is 5.83. The van der Waals surface area contributed by atoms with E-state index < -0.39 is 0 Å². The van der Waals surface area contributed by atoms with Crippen LogP contribution in [0.1, 0.15) is 32.6 Å². The number of carbonyl (C=O) groups excluding carboxylic acids is 1. The van der Waals surface area contributed by atoms with Gasteiger partial charge in [0.2, 0.25) is 5.91 Å². The zero-order valence-corrected chi connectivity index (χ0v) is 10.7. The molecule has 2 fully saturated rings. The van der Waals surface area contributed by atoms with Crippen LogP contribution in [0.3, 0.4) is 0 Å². The van der Waals surface area contributed by atoms with E-state index in [1.807, 2.05) is 4.90 Å². The number of rotatable bonds is 2. The Hall–Kier alpha value is -0.610. The average molecular weight is 240 g/mol. The van der Waals surface area contributed by atoms with E-state index in [9.17, 15) is 9.90 Å². The van der Waals surface area contributed by atoms with Crippen molar-refractivity contribution in [3.63, 3.8) is 0 Å². The molecule has 2 rings (SSSR count). The number of likely N-dealkylation sites (tertiary alicyclic amines) is 1. The maximum absolute atomic E-state index is 12.3. The highest BCUT2D eigenvalue weighted by Crippen LogP contribution is 2.21. The van der Waals surface area contributed by atoms with Crippen molar-refractivity contribution in [2.45, 2.75) is 38.6 Å². The number of nitrogens with one attached hydrogen (secondary N) is 1. The molecule has 0 saturated carbocycles. The topological polar surface area (TPSA) is 52.6 Å². The molecule has 0 spiro atoms. The SMILES string of the molecule is CC1CCC(C(=O)N2CCCC(CO)C2)CN1. The van der Waals surface area contributed by atoms with Gasteiger partial charge < -0.3 is 15.3 Å². The zero-order chi connectivity index (χ0) is 12.3.